The minimum absolute atomic E-state index is 0.258. The summed E-state index contributed by atoms with van der Waals surface area (Å²) in [4.78, 5) is 16.6. The van der Waals surface area contributed by atoms with Crippen LogP contribution in [0.1, 0.15) is 45.2 Å². The molecule has 0 saturated carbocycles. The maximum Gasteiger partial charge on any atom is 0.408 e. The summed E-state index contributed by atoms with van der Waals surface area (Å²) in [6, 6.07) is 9.54. The quantitative estimate of drug-likeness (QED) is 0.298. The highest BCUT2D eigenvalue weighted by Crippen LogP contribution is 2.14. The molecule has 174 valence electrons. The predicted molar refractivity (Wildman–Crippen MR) is 122 cm³/mol. The van der Waals surface area contributed by atoms with Crippen molar-refractivity contribution >= 4 is 12.1 Å². The van der Waals surface area contributed by atoms with Crippen molar-refractivity contribution in [2.75, 3.05) is 46.6 Å². The van der Waals surface area contributed by atoms with Gasteiger partial charge in [0.15, 0.2) is 5.96 Å². The number of carbonyl (C=O) groups excluding carboxylic acids is 1. The van der Waals surface area contributed by atoms with Crippen LogP contribution in [0.15, 0.2) is 35.3 Å². The molecule has 0 aromatic heterocycles. The molecule has 8 heteroatoms. The van der Waals surface area contributed by atoms with Crippen LogP contribution in [0.3, 0.4) is 0 Å². The van der Waals surface area contributed by atoms with Gasteiger partial charge in [0.25, 0.3) is 0 Å². The van der Waals surface area contributed by atoms with Crippen molar-refractivity contribution in [3.63, 3.8) is 0 Å². The second kappa shape index (κ2) is 13.2. The Labute approximate surface area is 186 Å². The number of benzene rings is 1. The second-order valence-corrected chi connectivity index (χ2v) is 8.65. The number of aliphatic imine (C=N–C) groups is 1. The molecule has 3 N–H and O–H groups in total. The van der Waals surface area contributed by atoms with Gasteiger partial charge in [-0.3, -0.25) is 4.99 Å². The Morgan fingerprint density at radius 1 is 1.26 bits per heavy atom. The summed E-state index contributed by atoms with van der Waals surface area (Å²) >= 11 is 0. The fourth-order valence-corrected chi connectivity index (χ4v) is 3.15. The van der Waals surface area contributed by atoms with E-state index in [-0.39, 0.29) is 6.04 Å². The van der Waals surface area contributed by atoms with Crippen LogP contribution >= 0.6 is 0 Å². The maximum absolute atomic E-state index is 12.3. The number of carbonyl (C=O) groups is 1. The van der Waals surface area contributed by atoms with Gasteiger partial charge in [-0.2, -0.15) is 0 Å². The molecule has 1 amide bonds. The molecule has 1 aliphatic heterocycles. The predicted octanol–water partition coefficient (Wildman–Crippen LogP) is 2.86. The van der Waals surface area contributed by atoms with Gasteiger partial charge in [-0.1, -0.05) is 30.3 Å². The van der Waals surface area contributed by atoms with E-state index < -0.39 is 11.7 Å². The van der Waals surface area contributed by atoms with Crippen LogP contribution in [0.5, 0.6) is 0 Å². The summed E-state index contributed by atoms with van der Waals surface area (Å²) in [5, 5.41) is 9.51. The molecule has 1 aromatic rings. The molecule has 1 saturated heterocycles. The van der Waals surface area contributed by atoms with Crippen molar-refractivity contribution in [1.29, 1.82) is 0 Å². The van der Waals surface area contributed by atoms with E-state index in [9.17, 15) is 4.79 Å². The molecule has 8 nitrogen and oxygen atoms in total. The minimum atomic E-state index is -0.552. The van der Waals surface area contributed by atoms with Crippen LogP contribution in [-0.2, 0) is 14.2 Å². The smallest absolute Gasteiger partial charge is 0.408 e. The Hall–Kier alpha value is -2.32. The Balaban J connectivity index is 1.75. The number of nitrogens with zero attached hydrogens (tertiary/aromatic N) is 1. The fourth-order valence-electron chi connectivity index (χ4n) is 3.15. The average molecular weight is 435 g/mol. The van der Waals surface area contributed by atoms with Crippen LogP contribution in [0, 0.1) is 5.92 Å². The third-order valence-corrected chi connectivity index (χ3v) is 4.73. The van der Waals surface area contributed by atoms with Gasteiger partial charge in [0.05, 0.1) is 19.3 Å². The van der Waals surface area contributed by atoms with Crippen molar-refractivity contribution in [2.45, 2.75) is 45.3 Å². The van der Waals surface area contributed by atoms with E-state index in [1.807, 2.05) is 51.1 Å². The molecular formula is C23H38N4O4. The van der Waals surface area contributed by atoms with Crippen LogP contribution < -0.4 is 16.0 Å². The van der Waals surface area contributed by atoms with Crippen LogP contribution in [0.25, 0.3) is 0 Å². The zero-order valence-electron chi connectivity index (χ0n) is 19.3. The maximum atomic E-state index is 12.3. The summed E-state index contributed by atoms with van der Waals surface area (Å²) in [5.74, 6) is 1.21. The highest BCUT2D eigenvalue weighted by Gasteiger charge is 2.21. The standard InChI is InChI=1S/C23H38N4O4/c1-23(2,3)31-22(28)27-20(19-9-6-5-7-10-19)15-26-21(24-4)25-12-8-13-29-16-18-11-14-30-17-18/h5-7,9-10,18,20H,8,11-17H2,1-4H3,(H,27,28)(H2,24,25,26). The summed E-state index contributed by atoms with van der Waals surface area (Å²) in [6.45, 7) is 9.89. The molecule has 31 heavy (non-hydrogen) atoms. The van der Waals surface area contributed by atoms with E-state index in [0.717, 1.165) is 44.8 Å². The zero-order chi connectivity index (χ0) is 22.5. The lowest BCUT2D eigenvalue weighted by molar-refractivity contribution is 0.0504. The lowest BCUT2D eigenvalue weighted by atomic mass is 10.1. The molecule has 2 rings (SSSR count). The molecule has 1 aliphatic rings. The van der Waals surface area contributed by atoms with Crippen molar-refractivity contribution in [3.8, 4) is 0 Å². The summed E-state index contributed by atoms with van der Waals surface area (Å²) in [7, 11) is 1.73. The number of hydrogen-bond donors (Lipinski definition) is 3. The van der Waals surface area contributed by atoms with Gasteiger partial charge in [0, 0.05) is 39.3 Å². The molecule has 0 radical (unpaired) electrons. The number of amides is 1. The molecule has 2 atom stereocenters. The first-order valence-electron chi connectivity index (χ1n) is 11.0. The van der Waals surface area contributed by atoms with Gasteiger partial charge in [0.2, 0.25) is 0 Å². The van der Waals surface area contributed by atoms with Gasteiger partial charge in [-0.05, 0) is 39.2 Å². The van der Waals surface area contributed by atoms with Gasteiger partial charge in [0.1, 0.15) is 5.60 Å². The van der Waals surface area contributed by atoms with Crippen LogP contribution in [0.2, 0.25) is 0 Å². The summed E-state index contributed by atoms with van der Waals surface area (Å²) in [5.41, 5.74) is 0.434. The van der Waals surface area contributed by atoms with E-state index >= 15 is 0 Å². The van der Waals surface area contributed by atoms with Crippen molar-refractivity contribution < 1.29 is 19.0 Å². The van der Waals surface area contributed by atoms with E-state index in [1.165, 1.54) is 0 Å². The van der Waals surface area contributed by atoms with Crippen LogP contribution in [-0.4, -0.2) is 64.2 Å². The first kappa shape index (κ1) is 24.9. The van der Waals surface area contributed by atoms with E-state index in [1.54, 1.807) is 7.05 Å². The first-order chi connectivity index (χ1) is 14.9. The van der Waals surface area contributed by atoms with Crippen molar-refractivity contribution in [3.05, 3.63) is 35.9 Å². The second-order valence-electron chi connectivity index (χ2n) is 8.65. The molecule has 1 aromatic carbocycles. The monoisotopic (exact) mass is 434 g/mol. The highest BCUT2D eigenvalue weighted by molar-refractivity contribution is 5.79. The molecule has 0 spiro atoms. The minimum Gasteiger partial charge on any atom is -0.444 e. The molecule has 0 bridgehead atoms. The van der Waals surface area contributed by atoms with E-state index in [4.69, 9.17) is 14.2 Å². The third-order valence-electron chi connectivity index (χ3n) is 4.73. The Bertz CT molecular complexity index is 670. The number of rotatable bonds is 10. The molecule has 2 unspecified atom stereocenters. The van der Waals surface area contributed by atoms with Crippen molar-refractivity contribution in [1.82, 2.24) is 16.0 Å². The summed E-state index contributed by atoms with van der Waals surface area (Å²) in [6.07, 6.45) is 1.53. The number of ether oxygens (including phenoxy) is 3. The summed E-state index contributed by atoms with van der Waals surface area (Å²) < 4.78 is 16.5. The van der Waals surface area contributed by atoms with Gasteiger partial charge >= 0.3 is 6.09 Å². The molecule has 1 fully saturated rings. The Morgan fingerprint density at radius 2 is 2.03 bits per heavy atom. The number of guanidine groups is 1. The number of alkyl carbamates (subject to hydrolysis) is 1. The lowest BCUT2D eigenvalue weighted by Gasteiger charge is -2.24. The van der Waals surface area contributed by atoms with Gasteiger partial charge in [-0.15, -0.1) is 0 Å². The van der Waals surface area contributed by atoms with Gasteiger partial charge < -0.3 is 30.2 Å². The van der Waals surface area contributed by atoms with E-state index in [2.05, 4.69) is 20.9 Å². The molecule has 1 heterocycles. The Morgan fingerprint density at radius 3 is 2.68 bits per heavy atom. The number of nitrogens with one attached hydrogen (secondary N) is 3. The van der Waals surface area contributed by atoms with Gasteiger partial charge in [-0.25, -0.2) is 4.79 Å². The highest BCUT2D eigenvalue weighted by atomic mass is 16.6. The Kier molecular flexibility index (Phi) is 10.6. The van der Waals surface area contributed by atoms with E-state index in [0.29, 0.717) is 25.0 Å². The fraction of sp³-hybridized carbons (Fsp3) is 0.652. The van der Waals surface area contributed by atoms with Crippen LogP contribution in [0.4, 0.5) is 4.79 Å². The SMILES string of the molecule is CN=C(NCCCOCC1CCOC1)NCC(NC(=O)OC(C)(C)C)c1ccccc1. The average Bonchev–Trinajstić information content (AvgIpc) is 3.24. The normalized spacial score (nSPS) is 17.8. The first-order valence-corrected chi connectivity index (χ1v) is 11.0. The lowest BCUT2D eigenvalue weighted by Crippen LogP contribution is -2.44. The third kappa shape index (κ3) is 10.5. The molecule has 0 aliphatic carbocycles. The zero-order valence-corrected chi connectivity index (χ0v) is 19.3. The molecular weight excluding hydrogens is 396 g/mol. The largest absolute Gasteiger partial charge is 0.444 e. The van der Waals surface area contributed by atoms with Crippen molar-refractivity contribution in [2.24, 2.45) is 10.9 Å². The topological polar surface area (TPSA) is 93.2 Å². The number of hydrogen-bond acceptors (Lipinski definition) is 5.